The van der Waals surface area contributed by atoms with Gasteiger partial charge in [0.05, 0.1) is 18.6 Å². The second-order valence-electron chi connectivity index (χ2n) is 5.15. The van der Waals surface area contributed by atoms with E-state index in [9.17, 15) is 9.59 Å². The Kier molecular flexibility index (Phi) is 4.83. The Morgan fingerprint density at radius 3 is 2.81 bits per heavy atom. The third-order valence-corrected chi connectivity index (χ3v) is 3.71. The molecule has 5 heteroatoms. The zero-order valence-corrected chi connectivity index (χ0v) is 12.6. The van der Waals surface area contributed by atoms with Gasteiger partial charge in [0.15, 0.2) is 0 Å². The quantitative estimate of drug-likeness (QED) is 0.845. The molecule has 1 aromatic rings. The number of carbonyl (C=O) groups excluding carboxylic acids is 2. The van der Waals surface area contributed by atoms with Gasteiger partial charge in [-0.3, -0.25) is 9.59 Å². The second kappa shape index (κ2) is 6.61. The average Bonchev–Trinajstić information content (AvgIpc) is 2.74. The van der Waals surface area contributed by atoms with Crippen LogP contribution in [0.1, 0.15) is 49.0 Å². The number of rotatable bonds is 5. The molecule has 0 radical (unpaired) electrons. The summed E-state index contributed by atoms with van der Waals surface area (Å²) < 4.78 is 10.6. The molecule has 114 valence electrons. The maximum Gasteiger partial charge on any atom is 0.307 e. The first-order chi connectivity index (χ1) is 10.0. The number of para-hydroxylation sites is 1. The summed E-state index contributed by atoms with van der Waals surface area (Å²) in [6.45, 7) is 6.44. The van der Waals surface area contributed by atoms with Crippen molar-refractivity contribution in [3.8, 4) is 5.75 Å². The van der Waals surface area contributed by atoms with Gasteiger partial charge in [-0.1, -0.05) is 19.1 Å². The highest BCUT2D eigenvalue weighted by Crippen LogP contribution is 2.40. The second-order valence-corrected chi connectivity index (χ2v) is 5.15. The third-order valence-electron chi connectivity index (χ3n) is 3.71. The van der Waals surface area contributed by atoms with Gasteiger partial charge >= 0.3 is 5.97 Å². The molecule has 0 aromatic heterocycles. The molecule has 1 heterocycles. The number of hydrogen-bond acceptors (Lipinski definition) is 4. The summed E-state index contributed by atoms with van der Waals surface area (Å²) in [6, 6.07) is 5.58. The van der Waals surface area contributed by atoms with Crippen molar-refractivity contribution in [2.45, 2.75) is 39.2 Å². The number of nitrogens with one attached hydrogen (secondary N) is 1. The van der Waals surface area contributed by atoms with Crippen LogP contribution in [0.3, 0.4) is 0 Å². The van der Waals surface area contributed by atoms with Crippen molar-refractivity contribution >= 4 is 11.9 Å². The van der Waals surface area contributed by atoms with E-state index < -0.39 is 0 Å². The minimum Gasteiger partial charge on any atom is -0.489 e. The fourth-order valence-corrected chi connectivity index (χ4v) is 2.37. The predicted molar refractivity (Wildman–Crippen MR) is 78.5 cm³/mol. The molecule has 0 fully saturated rings. The summed E-state index contributed by atoms with van der Waals surface area (Å²) in [5, 5.41) is 2.73. The number of ether oxygens (including phenoxy) is 2. The van der Waals surface area contributed by atoms with Crippen LogP contribution in [0.15, 0.2) is 18.2 Å². The fourth-order valence-electron chi connectivity index (χ4n) is 2.37. The highest BCUT2D eigenvalue weighted by Gasteiger charge is 2.30. The van der Waals surface area contributed by atoms with Crippen LogP contribution in [0.25, 0.3) is 0 Å². The van der Waals surface area contributed by atoms with E-state index in [0.717, 1.165) is 5.56 Å². The van der Waals surface area contributed by atoms with E-state index in [1.54, 1.807) is 13.0 Å². The zero-order valence-electron chi connectivity index (χ0n) is 12.6. The van der Waals surface area contributed by atoms with Crippen molar-refractivity contribution in [1.29, 1.82) is 0 Å². The van der Waals surface area contributed by atoms with Gasteiger partial charge < -0.3 is 14.8 Å². The highest BCUT2D eigenvalue weighted by molar-refractivity contribution is 5.97. The van der Waals surface area contributed by atoms with E-state index >= 15 is 0 Å². The molecule has 1 aliphatic heterocycles. The Labute approximate surface area is 124 Å². The Hall–Kier alpha value is -2.04. The molecule has 1 amide bonds. The molecule has 2 atom stereocenters. The molecule has 0 bridgehead atoms. The van der Waals surface area contributed by atoms with Crippen molar-refractivity contribution in [3.05, 3.63) is 29.3 Å². The van der Waals surface area contributed by atoms with Crippen LogP contribution in [0.5, 0.6) is 5.75 Å². The predicted octanol–water partition coefficient (Wildman–Crippen LogP) is 2.25. The number of esters is 1. The van der Waals surface area contributed by atoms with Gasteiger partial charge in [-0.2, -0.15) is 0 Å². The van der Waals surface area contributed by atoms with E-state index in [4.69, 9.17) is 9.47 Å². The molecule has 0 spiro atoms. The Morgan fingerprint density at radius 2 is 2.10 bits per heavy atom. The minimum absolute atomic E-state index is 0.0634. The molecule has 21 heavy (non-hydrogen) atoms. The lowest BCUT2D eigenvalue weighted by Crippen LogP contribution is -2.27. The van der Waals surface area contributed by atoms with Gasteiger partial charge in [-0.25, -0.2) is 0 Å². The number of amides is 1. The van der Waals surface area contributed by atoms with Gasteiger partial charge in [0, 0.05) is 18.0 Å². The Morgan fingerprint density at radius 1 is 1.33 bits per heavy atom. The third kappa shape index (κ3) is 3.35. The van der Waals surface area contributed by atoms with Crippen LogP contribution in [0.4, 0.5) is 0 Å². The van der Waals surface area contributed by atoms with Crippen molar-refractivity contribution in [3.63, 3.8) is 0 Å². The van der Waals surface area contributed by atoms with E-state index in [1.807, 2.05) is 19.1 Å². The maximum absolute atomic E-state index is 12.2. The van der Waals surface area contributed by atoms with Crippen molar-refractivity contribution < 1.29 is 19.1 Å². The first-order valence-electron chi connectivity index (χ1n) is 7.28. The molecule has 2 unspecified atom stereocenters. The molecule has 0 saturated carbocycles. The van der Waals surface area contributed by atoms with Crippen LogP contribution < -0.4 is 10.1 Å². The number of hydrogen-bond donors (Lipinski definition) is 1. The van der Waals surface area contributed by atoms with Gasteiger partial charge in [-0.05, 0) is 19.9 Å². The highest BCUT2D eigenvalue weighted by atomic mass is 16.5. The molecule has 1 aromatic carbocycles. The standard InChI is InChI=1S/C16H21NO4/c1-4-20-14(18)8-9-17-16(19)13-7-5-6-12-10(2)11(3)21-15(12)13/h5-7,10-11H,4,8-9H2,1-3H3,(H,17,19). The first kappa shape index (κ1) is 15.4. The topological polar surface area (TPSA) is 64.6 Å². The maximum atomic E-state index is 12.2. The smallest absolute Gasteiger partial charge is 0.307 e. The lowest BCUT2D eigenvalue weighted by molar-refractivity contribution is -0.142. The average molecular weight is 291 g/mol. The lowest BCUT2D eigenvalue weighted by atomic mass is 9.97. The van der Waals surface area contributed by atoms with Crippen LogP contribution in [-0.2, 0) is 9.53 Å². The van der Waals surface area contributed by atoms with Crippen LogP contribution >= 0.6 is 0 Å². The van der Waals surface area contributed by atoms with Crippen LogP contribution in [0, 0.1) is 0 Å². The largest absolute Gasteiger partial charge is 0.489 e. The summed E-state index contributed by atoms with van der Waals surface area (Å²) in [5.41, 5.74) is 1.58. The lowest BCUT2D eigenvalue weighted by Gasteiger charge is -2.10. The number of carbonyl (C=O) groups is 2. The molecule has 2 rings (SSSR count). The van der Waals surface area contributed by atoms with E-state index in [0.29, 0.717) is 17.9 Å². The van der Waals surface area contributed by atoms with E-state index in [1.165, 1.54) is 0 Å². The molecular formula is C16H21NO4. The Balaban J connectivity index is 2.00. The van der Waals surface area contributed by atoms with Gasteiger partial charge in [0.2, 0.25) is 0 Å². The fraction of sp³-hybridized carbons (Fsp3) is 0.500. The zero-order chi connectivity index (χ0) is 15.4. The van der Waals surface area contributed by atoms with Crippen molar-refractivity contribution in [2.24, 2.45) is 0 Å². The van der Waals surface area contributed by atoms with Crippen molar-refractivity contribution in [2.75, 3.05) is 13.2 Å². The van der Waals surface area contributed by atoms with Crippen molar-refractivity contribution in [1.82, 2.24) is 5.32 Å². The summed E-state index contributed by atoms with van der Waals surface area (Å²) in [6.07, 6.45) is 0.232. The summed E-state index contributed by atoms with van der Waals surface area (Å²) in [5.74, 6) is 0.394. The molecular weight excluding hydrogens is 270 g/mol. The van der Waals surface area contributed by atoms with E-state index in [-0.39, 0.29) is 36.9 Å². The molecule has 1 aliphatic rings. The minimum atomic E-state index is -0.311. The summed E-state index contributed by atoms with van der Waals surface area (Å²) in [7, 11) is 0. The molecule has 0 saturated heterocycles. The molecule has 5 nitrogen and oxygen atoms in total. The van der Waals surface area contributed by atoms with Crippen LogP contribution in [0.2, 0.25) is 0 Å². The van der Waals surface area contributed by atoms with Gasteiger partial charge in [0.1, 0.15) is 11.9 Å². The first-order valence-corrected chi connectivity index (χ1v) is 7.28. The summed E-state index contributed by atoms with van der Waals surface area (Å²) in [4.78, 5) is 23.4. The number of fused-ring (bicyclic) bond motifs is 1. The SMILES string of the molecule is CCOC(=O)CCNC(=O)c1cccc2c1OC(C)C2C. The molecule has 1 N–H and O–H groups in total. The normalized spacial score (nSPS) is 19.6. The van der Waals surface area contributed by atoms with Gasteiger partial charge in [-0.15, -0.1) is 0 Å². The van der Waals surface area contributed by atoms with Gasteiger partial charge in [0.25, 0.3) is 5.91 Å². The monoisotopic (exact) mass is 291 g/mol. The Bertz CT molecular complexity index is 541. The van der Waals surface area contributed by atoms with Crippen LogP contribution in [-0.4, -0.2) is 31.1 Å². The van der Waals surface area contributed by atoms with E-state index in [2.05, 4.69) is 12.2 Å². The number of benzene rings is 1. The summed E-state index contributed by atoms with van der Waals surface area (Å²) >= 11 is 0. The molecule has 0 aliphatic carbocycles.